The number of carbonyl (C=O) groups excluding carboxylic acids is 1. The van der Waals surface area contributed by atoms with Gasteiger partial charge in [-0.3, -0.25) is 9.89 Å². The molecule has 6 heteroatoms. The first-order chi connectivity index (χ1) is 9.83. The maximum absolute atomic E-state index is 12.0. The van der Waals surface area contributed by atoms with Gasteiger partial charge in [-0.05, 0) is 18.6 Å². The number of aryl methyl sites for hydroxylation is 1. The summed E-state index contributed by atoms with van der Waals surface area (Å²) in [6.07, 6.45) is 3.08. The van der Waals surface area contributed by atoms with E-state index >= 15 is 0 Å². The summed E-state index contributed by atoms with van der Waals surface area (Å²) in [5, 5.41) is 10.5. The number of benzene rings is 1. The van der Waals surface area contributed by atoms with Crippen LogP contribution in [0.3, 0.4) is 0 Å². The van der Waals surface area contributed by atoms with Crippen molar-refractivity contribution in [3.05, 3.63) is 48.2 Å². The molecule has 0 unspecified atom stereocenters. The summed E-state index contributed by atoms with van der Waals surface area (Å²) >= 11 is 0. The number of para-hydroxylation sites is 1. The van der Waals surface area contributed by atoms with Gasteiger partial charge < -0.3 is 10.3 Å². The van der Waals surface area contributed by atoms with Crippen LogP contribution in [0, 0.1) is 0 Å². The van der Waals surface area contributed by atoms with E-state index in [4.69, 9.17) is 0 Å². The summed E-state index contributed by atoms with van der Waals surface area (Å²) in [6.45, 7) is 0.606. The van der Waals surface area contributed by atoms with Crippen LogP contribution in [0.2, 0.25) is 0 Å². The number of aromatic nitrogens is 4. The van der Waals surface area contributed by atoms with Gasteiger partial charge in [-0.1, -0.05) is 18.2 Å². The number of fused-ring (bicyclic) bond motifs is 1. The molecule has 2 aromatic heterocycles. The van der Waals surface area contributed by atoms with Crippen LogP contribution in [0.15, 0.2) is 36.7 Å². The number of rotatable bonds is 5. The highest BCUT2D eigenvalue weighted by Crippen LogP contribution is 2.14. The Bertz CT molecular complexity index is 668. The summed E-state index contributed by atoms with van der Waals surface area (Å²) in [5.41, 5.74) is 1.56. The molecule has 0 aliphatic rings. The molecule has 0 saturated heterocycles. The van der Waals surface area contributed by atoms with Crippen LogP contribution in [0.5, 0.6) is 0 Å². The summed E-state index contributed by atoms with van der Waals surface area (Å²) in [4.78, 5) is 19.1. The van der Waals surface area contributed by atoms with Crippen LogP contribution in [-0.2, 0) is 6.42 Å². The van der Waals surface area contributed by atoms with Gasteiger partial charge in [0.25, 0.3) is 5.91 Å². The highest BCUT2D eigenvalue weighted by Gasteiger charge is 2.08. The zero-order valence-corrected chi connectivity index (χ0v) is 10.9. The van der Waals surface area contributed by atoms with Crippen molar-refractivity contribution in [2.75, 3.05) is 6.54 Å². The Morgan fingerprint density at radius 2 is 2.20 bits per heavy atom. The number of H-pyrrole nitrogens is 2. The van der Waals surface area contributed by atoms with E-state index in [0.717, 1.165) is 29.6 Å². The molecule has 2 heterocycles. The van der Waals surface area contributed by atoms with Gasteiger partial charge in [0, 0.05) is 23.9 Å². The zero-order valence-electron chi connectivity index (χ0n) is 10.9. The monoisotopic (exact) mass is 269 g/mol. The van der Waals surface area contributed by atoms with Crippen molar-refractivity contribution < 1.29 is 4.79 Å². The number of amides is 1. The van der Waals surface area contributed by atoms with Crippen molar-refractivity contribution in [1.29, 1.82) is 0 Å². The number of nitrogens with zero attached hydrogens (tertiary/aromatic N) is 2. The average molecular weight is 269 g/mol. The molecule has 0 aliphatic heterocycles. The molecule has 0 fully saturated rings. The first kappa shape index (κ1) is 12.4. The van der Waals surface area contributed by atoms with E-state index < -0.39 is 0 Å². The Morgan fingerprint density at radius 3 is 3.00 bits per heavy atom. The lowest BCUT2D eigenvalue weighted by Crippen LogP contribution is -2.25. The number of hydrogen-bond donors (Lipinski definition) is 3. The molecule has 0 radical (unpaired) electrons. The summed E-state index contributed by atoms with van der Waals surface area (Å²) in [7, 11) is 0. The summed E-state index contributed by atoms with van der Waals surface area (Å²) < 4.78 is 0. The third-order valence-corrected chi connectivity index (χ3v) is 3.12. The van der Waals surface area contributed by atoms with E-state index in [-0.39, 0.29) is 5.91 Å². The molecule has 102 valence electrons. The second-order valence-electron chi connectivity index (χ2n) is 4.56. The molecule has 3 N–H and O–H groups in total. The fourth-order valence-electron chi connectivity index (χ4n) is 2.10. The number of hydrogen-bond acceptors (Lipinski definition) is 3. The summed E-state index contributed by atoms with van der Waals surface area (Å²) in [6, 6.07) is 9.69. The molecule has 1 amide bonds. The normalized spacial score (nSPS) is 10.8. The van der Waals surface area contributed by atoms with E-state index in [1.165, 1.54) is 6.33 Å². The van der Waals surface area contributed by atoms with Crippen molar-refractivity contribution in [2.24, 2.45) is 0 Å². The molecule has 6 nitrogen and oxygen atoms in total. The molecule has 3 rings (SSSR count). The van der Waals surface area contributed by atoms with Gasteiger partial charge >= 0.3 is 0 Å². The predicted molar refractivity (Wildman–Crippen MR) is 75.3 cm³/mol. The highest BCUT2D eigenvalue weighted by molar-refractivity contribution is 5.97. The van der Waals surface area contributed by atoms with Crippen LogP contribution in [0.1, 0.15) is 22.7 Å². The van der Waals surface area contributed by atoms with Gasteiger partial charge in [-0.25, -0.2) is 4.98 Å². The van der Waals surface area contributed by atoms with E-state index in [0.29, 0.717) is 12.2 Å². The van der Waals surface area contributed by atoms with Gasteiger partial charge in [-0.2, -0.15) is 5.10 Å². The van der Waals surface area contributed by atoms with Crippen LogP contribution >= 0.6 is 0 Å². The Morgan fingerprint density at radius 1 is 1.30 bits per heavy atom. The Labute approximate surface area is 115 Å². The van der Waals surface area contributed by atoms with Crippen molar-refractivity contribution in [1.82, 2.24) is 25.5 Å². The second-order valence-corrected chi connectivity index (χ2v) is 4.56. The molecule has 3 aromatic rings. The third kappa shape index (κ3) is 2.69. The second kappa shape index (κ2) is 5.56. The Hall–Kier alpha value is -2.63. The lowest BCUT2D eigenvalue weighted by Gasteiger charge is -2.02. The molecule has 0 spiro atoms. The van der Waals surface area contributed by atoms with E-state index in [1.807, 2.05) is 30.3 Å². The Balaban J connectivity index is 1.53. The average Bonchev–Trinajstić information content (AvgIpc) is 3.12. The lowest BCUT2D eigenvalue weighted by atomic mass is 10.2. The minimum atomic E-state index is -0.0845. The molecular formula is C14H15N5O. The predicted octanol–water partition coefficient (Wildman–Crippen LogP) is 1.65. The van der Waals surface area contributed by atoms with Gasteiger partial charge in [0.15, 0.2) is 0 Å². The number of aromatic amines is 2. The molecule has 20 heavy (non-hydrogen) atoms. The van der Waals surface area contributed by atoms with E-state index in [9.17, 15) is 4.79 Å². The Kier molecular flexibility index (Phi) is 3.45. The smallest absolute Gasteiger partial charge is 0.267 e. The van der Waals surface area contributed by atoms with Crippen LogP contribution < -0.4 is 5.32 Å². The number of nitrogens with one attached hydrogen (secondary N) is 3. The standard InChI is InChI=1S/C14H15N5O/c20-14(15-7-3-6-13-16-9-17-19-13)12-8-10-4-1-2-5-11(10)18-12/h1-2,4-5,8-9,18H,3,6-7H2,(H,15,20)(H,16,17,19). The maximum Gasteiger partial charge on any atom is 0.267 e. The van der Waals surface area contributed by atoms with E-state index in [1.54, 1.807) is 0 Å². The molecule has 0 saturated carbocycles. The van der Waals surface area contributed by atoms with Crippen LogP contribution in [-0.4, -0.2) is 32.6 Å². The van der Waals surface area contributed by atoms with Crippen LogP contribution in [0.4, 0.5) is 0 Å². The minimum Gasteiger partial charge on any atom is -0.351 e. The first-order valence-corrected chi connectivity index (χ1v) is 6.53. The first-order valence-electron chi connectivity index (χ1n) is 6.53. The summed E-state index contributed by atoms with van der Waals surface area (Å²) in [5.74, 6) is 0.753. The van der Waals surface area contributed by atoms with Gasteiger partial charge in [-0.15, -0.1) is 0 Å². The topological polar surface area (TPSA) is 86.5 Å². The van der Waals surface area contributed by atoms with E-state index in [2.05, 4.69) is 25.5 Å². The van der Waals surface area contributed by atoms with Gasteiger partial charge in [0.1, 0.15) is 17.8 Å². The molecule has 0 atom stereocenters. The van der Waals surface area contributed by atoms with Crippen molar-refractivity contribution in [3.63, 3.8) is 0 Å². The molecule has 0 aliphatic carbocycles. The largest absolute Gasteiger partial charge is 0.351 e. The third-order valence-electron chi connectivity index (χ3n) is 3.12. The fourth-order valence-corrected chi connectivity index (χ4v) is 2.10. The van der Waals surface area contributed by atoms with Crippen molar-refractivity contribution >= 4 is 16.8 Å². The van der Waals surface area contributed by atoms with Crippen molar-refractivity contribution in [2.45, 2.75) is 12.8 Å². The minimum absolute atomic E-state index is 0.0845. The molecular weight excluding hydrogens is 254 g/mol. The quantitative estimate of drug-likeness (QED) is 0.615. The van der Waals surface area contributed by atoms with Crippen molar-refractivity contribution in [3.8, 4) is 0 Å². The van der Waals surface area contributed by atoms with Crippen LogP contribution in [0.25, 0.3) is 10.9 Å². The lowest BCUT2D eigenvalue weighted by molar-refractivity contribution is 0.0949. The molecule has 0 bridgehead atoms. The molecule has 1 aromatic carbocycles. The SMILES string of the molecule is O=C(NCCCc1ncn[nH]1)c1cc2ccccc2[nH]1. The zero-order chi connectivity index (χ0) is 13.8. The maximum atomic E-state index is 12.0. The van der Waals surface area contributed by atoms with Gasteiger partial charge in [0.05, 0.1) is 0 Å². The highest BCUT2D eigenvalue weighted by atomic mass is 16.1. The van der Waals surface area contributed by atoms with Gasteiger partial charge in [0.2, 0.25) is 0 Å². The fraction of sp³-hybridized carbons (Fsp3) is 0.214. The number of carbonyl (C=O) groups is 1.